The van der Waals surface area contributed by atoms with Crippen LogP contribution in [0.2, 0.25) is 0 Å². The average molecular weight is 246 g/mol. The minimum Gasteiger partial charge on any atom is -0.338 e. The van der Waals surface area contributed by atoms with Crippen LogP contribution in [0, 0.1) is 19.8 Å². The van der Waals surface area contributed by atoms with Gasteiger partial charge in [0.05, 0.1) is 0 Å². The molecule has 1 aromatic carbocycles. The quantitative estimate of drug-likeness (QED) is 0.825. The van der Waals surface area contributed by atoms with Crippen LogP contribution in [-0.4, -0.2) is 29.9 Å². The van der Waals surface area contributed by atoms with E-state index in [1.807, 2.05) is 30.9 Å². The number of nitrogens with zero attached hydrogens (tertiary/aromatic N) is 1. The molecule has 0 aliphatic carbocycles. The molecular weight excluding hydrogens is 224 g/mol. The fourth-order valence-electron chi connectivity index (χ4n) is 2.57. The van der Waals surface area contributed by atoms with Gasteiger partial charge < -0.3 is 10.6 Å². The molecule has 1 amide bonds. The van der Waals surface area contributed by atoms with E-state index in [4.69, 9.17) is 5.73 Å². The fourth-order valence-corrected chi connectivity index (χ4v) is 2.57. The molecular formula is C15H22N2O. The van der Waals surface area contributed by atoms with E-state index in [-0.39, 0.29) is 11.9 Å². The second kappa shape index (κ2) is 5.11. The lowest BCUT2D eigenvalue weighted by Gasteiger charge is -2.35. The Hall–Kier alpha value is -1.35. The van der Waals surface area contributed by atoms with E-state index in [0.717, 1.165) is 30.6 Å². The first kappa shape index (κ1) is 13.1. The Kier molecular flexibility index (Phi) is 3.71. The molecule has 0 saturated carbocycles. The molecule has 3 heteroatoms. The number of carbonyl (C=O) groups is 1. The number of likely N-dealkylation sites (tertiary alicyclic amines) is 1. The first-order valence-corrected chi connectivity index (χ1v) is 6.61. The minimum atomic E-state index is 0.145. The van der Waals surface area contributed by atoms with Crippen molar-refractivity contribution in [2.24, 2.45) is 11.7 Å². The van der Waals surface area contributed by atoms with E-state index in [1.54, 1.807) is 0 Å². The Balaban J connectivity index is 2.16. The number of benzene rings is 1. The van der Waals surface area contributed by atoms with Crippen molar-refractivity contribution in [2.45, 2.75) is 33.2 Å². The molecule has 1 saturated heterocycles. The van der Waals surface area contributed by atoms with Crippen LogP contribution in [0.5, 0.6) is 0 Å². The van der Waals surface area contributed by atoms with Crippen molar-refractivity contribution in [1.29, 1.82) is 0 Å². The van der Waals surface area contributed by atoms with Crippen LogP contribution >= 0.6 is 0 Å². The summed E-state index contributed by atoms with van der Waals surface area (Å²) < 4.78 is 0. The zero-order valence-electron chi connectivity index (χ0n) is 11.4. The highest BCUT2D eigenvalue weighted by Gasteiger charge is 2.27. The SMILES string of the molecule is Cc1ccc(C(=O)N2CCC(N)C(C)C2)c(C)c1. The number of amides is 1. The Bertz CT molecular complexity index is 456. The monoisotopic (exact) mass is 246 g/mol. The summed E-state index contributed by atoms with van der Waals surface area (Å²) in [6, 6.07) is 6.23. The van der Waals surface area contributed by atoms with Crippen LogP contribution in [0.25, 0.3) is 0 Å². The summed E-state index contributed by atoms with van der Waals surface area (Å²) in [5, 5.41) is 0. The van der Waals surface area contributed by atoms with E-state index in [9.17, 15) is 4.79 Å². The Labute approximate surface area is 109 Å². The number of nitrogens with two attached hydrogens (primary N) is 1. The normalized spacial score (nSPS) is 24.1. The maximum Gasteiger partial charge on any atom is 0.254 e. The third-order valence-electron chi connectivity index (χ3n) is 3.87. The van der Waals surface area contributed by atoms with E-state index >= 15 is 0 Å². The molecule has 2 N–H and O–H groups in total. The molecule has 18 heavy (non-hydrogen) atoms. The second-order valence-corrected chi connectivity index (χ2v) is 5.50. The summed E-state index contributed by atoms with van der Waals surface area (Å²) in [7, 11) is 0. The van der Waals surface area contributed by atoms with Gasteiger partial charge in [-0.2, -0.15) is 0 Å². The van der Waals surface area contributed by atoms with Gasteiger partial charge in [-0.05, 0) is 37.8 Å². The number of hydrogen-bond acceptors (Lipinski definition) is 2. The standard InChI is InChI=1S/C15H22N2O/c1-10-4-5-13(11(2)8-10)15(18)17-7-6-14(16)12(3)9-17/h4-5,8,12,14H,6-7,9,16H2,1-3H3. The first-order chi connectivity index (χ1) is 8.49. The van der Waals surface area contributed by atoms with Crippen molar-refractivity contribution >= 4 is 5.91 Å². The summed E-state index contributed by atoms with van der Waals surface area (Å²) in [6.07, 6.45) is 0.901. The third-order valence-corrected chi connectivity index (χ3v) is 3.87. The van der Waals surface area contributed by atoms with Crippen molar-refractivity contribution in [1.82, 2.24) is 4.90 Å². The van der Waals surface area contributed by atoms with Crippen LogP contribution in [-0.2, 0) is 0 Å². The molecule has 1 aromatic rings. The van der Waals surface area contributed by atoms with Gasteiger partial charge in [0.25, 0.3) is 5.91 Å². The largest absolute Gasteiger partial charge is 0.338 e. The Morgan fingerprint density at radius 3 is 2.72 bits per heavy atom. The van der Waals surface area contributed by atoms with Gasteiger partial charge in [0.15, 0.2) is 0 Å². The van der Waals surface area contributed by atoms with E-state index < -0.39 is 0 Å². The fraction of sp³-hybridized carbons (Fsp3) is 0.533. The Morgan fingerprint density at radius 1 is 1.39 bits per heavy atom. The highest BCUT2D eigenvalue weighted by Crippen LogP contribution is 2.19. The number of carbonyl (C=O) groups excluding carboxylic acids is 1. The van der Waals surface area contributed by atoms with Gasteiger partial charge in [0, 0.05) is 24.7 Å². The first-order valence-electron chi connectivity index (χ1n) is 6.61. The molecule has 0 radical (unpaired) electrons. The van der Waals surface area contributed by atoms with Crippen LogP contribution in [0.4, 0.5) is 0 Å². The molecule has 3 nitrogen and oxygen atoms in total. The molecule has 1 aliphatic rings. The maximum absolute atomic E-state index is 12.5. The van der Waals surface area contributed by atoms with Crippen molar-refractivity contribution < 1.29 is 4.79 Å². The van der Waals surface area contributed by atoms with Gasteiger partial charge >= 0.3 is 0 Å². The molecule has 1 aliphatic heterocycles. The Morgan fingerprint density at radius 2 is 2.11 bits per heavy atom. The molecule has 0 spiro atoms. The minimum absolute atomic E-state index is 0.145. The van der Waals surface area contributed by atoms with Gasteiger partial charge in [0.1, 0.15) is 0 Å². The van der Waals surface area contributed by atoms with Crippen LogP contribution < -0.4 is 5.73 Å². The predicted octanol–water partition coefficient (Wildman–Crippen LogP) is 2.11. The van der Waals surface area contributed by atoms with Gasteiger partial charge in [-0.1, -0.05) is 24.6 Å². The summed E-state index contributed by atoms with van der Waals surface area (Å²) in [4.78, 5) is 14.4. The van der Waals surface area contributed by atoms with Gasteiger partial charge in [-0.25, -0.2) is 0 Å². The molecule has 2 atom stereocenters. The second-order valence-electron chi connectivity index (χ2n) is 5.50. The molecule has 1 fully saturated rings. The highest BCUT2D eigenvalue weighted by atomic mass is 16.2. The molecule has 98 valence electrons. The van der Waals surface area contributed by atoms with Crippen molar-refractivity contribution in [2.75, 3.05) is 13.1 Å². The van der Waals surface area contributed by atoms with Crippen molar-refractivity contribution in [3.8, 4) is 0 Å². The number of rotatable bonds is 1. The number of hydrogen-bond donors (Lipinski definition) is 1. The molecule has 0 aromatic heterocycles. The zero-order valence-corrected chi connectivity index (χ0v) is 11.4. The molecule has 2 unspecified atom stereocenters. The number of aryl methyl sites for hydroxylation is 2. The maximum atomic E-state index is 12.5. The highest BCUT2D eigenvalue weighted by molar-refractivity contribution is 5.95. The van der Waals surface area contributed by atoms with Gasteiger partial charge in [0.2, 0.25) is 0 Å². The van der Waals surface area contributed by atoms with Crippen molar-refractivity contribution in [3.63, 3.8) is 0 Å². The number of piperidine rings is 1. The average Bonchev–Trinajstić information content (AvgIpc) is 2.32. The summed E-state index contributed by atoms with van der Waals surface area (Å²) in [5.41, 5.74) is 9.06. The lowest BCUT2D eigenvalue weighted by molar-refractivity contribution is 0.0663. The summed E-state index contributed by atoms with van der Waals surface area (Å²) in [5.74, 6) is 0.528. The van der Waals surface area contributed by atoms with E-state index in [2.05, 4.69) is 13.0 Å². The topological polar surface area (TPSA) is 46.3 Å². The van der Waals surface area contributed by atoms with Gasteiger partial charge in [-0.15, -0.1) is 0 Å². The molecule has 2 rings (SSSR count). The lowest BCUT2D eigenvalue weighted by atomic mass is 9.94. The van der Waals surface area contributed by atoms with Crippen LogP contribution in [0.15, 0.2) is 18.2 Å². The molecule has 0 bridgehead atoms. The lowest BCUT2D eigenvalue weighted by Crippen LogP contribution is -2.48. The summed E-state index contributed by atoms with van der Waals surface area (Å²) >= 11 is 0. The van der Waals surface area contributed by atoms with Crippen molar-refractivity contribution in [3.05, 3.63) is 34.9 Å². The smallest absolute Gasteiger partial charge is 0.254 e. The van der Waals surface area contributed by atoms with E-state index in [1.165, 1.54) is 5.56 Å². The van der Waals surface area contributed by atoms with Crippen LogP contribution in [0.3, 0.4) is 0 Å². The van der Waals surface area contributed by atoms with Crippen LogP contribution in [0.1, 0.15) is 34.8 Å². The zero-order chi connectivity index (χ0) is 13.3. The predicted molar refractivity (Wildman–Crippen MR) is 73.6 cm³/mol. The summed E-state index contributed by atoms with van der Waals surface area (Å²) in [6.45, 7) is 7.71. The van der Waals surface area contributed by atoms with Gasteiger partial charge in [-0.3, -0.25) is 4.79 Å². The van der Waals surface area contributed by atoms with E-state index in [0.29, 0.717) is 5.92 Å². The third kappa shape index (κ3) is 2.56. The molecule has 1 heterocycles.